The highest BCUT2D eigenvalue weighted by Gasteiger charge is 2.22. The third kappa shape index (κ3) is 1.82. The molecule has 0 aliphatic heterocycles. The second-order valence-corrected chi connectivity index (χ2v) is 5.71. The molecule has 0 spiro atoms. The average molecular weight is 329 g/mol. The van der Waals surface area contributed by atoms with Crippen molar-refractivity contribution in [3.8, 4) is 17.1 Å². The fraction of sp³-hybridized carbons (Fsp3) is 0. The zero-order chi connectivity index (χ0) is 17.0. The second kappa shape index (κ2) is 4.91. The van der Waals surface area contributed by atoms with Gasteiger partial charge in [-0.25, -0.2) is 4.79 Å². The van der Waals surface area contributed by atoms with Crippen LogP contribution >= 0.6 is 0 Å². The molecule has 5 aromatic rings. The largest absolute Gasteiger partial charge is 0.494 e. The highest BCUT2D eigenvalue weighted by Crippen LogP contribution is 2.36. The number of para-hydroxylation sites is 1. The Balaban J connectivity index is 2.07. The number of aromatic hydroxyl groups is 1. The van der Waals surface area contributed by atoms with Crippen molar-refractivity contribution < 1.29 is 9.52 Å². The lowest BCUT2D eigenvalue weighted by atomic mass is 10.1. The van der Waals surface area contributed by atoms with Crippen LogP contribution in [0.25, 0.3) is 38.6 Å². The molecule has 3 heterocycles. The summed E-state index contributed by atoms with van der Waals surface area (Å²) < 4.78 is 6.89. The molecule has 6 nitrogen and oxygen atoms in total. The van der Waals surface area contributed by atoms with Crippen molar-refractivity contribution in [3.05, 3.63) is 71.2 Å². The van der Waals surface area contributed by atoms with Crippen molar-refractivity contribution in [1.29, 1.82) is 0 Å². The summed E-state index contributed by atoms with van der Waals surface area (Å²) in [5.41, 5.74) is 1.75. The monoisotopic (exact) mass is 329 g/mol. The van der Waals surface area contributed by atoms with Crippen molar-refractivity contribution in [1.82, 2.24) is 14.6 Å². The zero-order valence-corrected chi connectivity index (χ0v) is 12.9. The van der Waals surface area contributed by atoms with Gasteiger partial charge in [-0.1, -0.05) is 48.5 Å². The Morgan fingerprint density at radius 3 is 2.56 bits per heavy atom. The Kier molecular flexibility index (Phi) is 2.70. The summed E-state index contributed by atoms with van der Waals surface area (Å²) in [6.07, 6.45) is 1.56. The van der Waals surface area contributed by atoms with E-state index in [2.05, 4.69) is 10.2 Å². The number of benzene rings is 2. The van der Waals surface area contributed by atoms with E-state index in [0.29, 0.717) is 27.7 Å². The molecular formula is C19H11N3O3. The highest BCUT2D eigenvalue weighted by atomic mass is 16.4. The summed E-state index contributed by atoms with van der Waals surface area (Å²) in [4.78, 5) is 12.4. The van der Waals surface area contributed by atoms with Crippen LogP contribution in [0.2, 0.25) is 0 Å². The van der Waals surface area contributed by atoms with E-state index in [1.165, 1.54) is 4.40 Å². The lowest BCUT2D eigenvalue weighted by Crippen LogP contribution is -1.98. The van der Waals surface area contributed by atoms with Crippen LogP contribution in [0.1, 0.15) is 0 Å². The standard InChI is InChI=1S/C19H11N3O3/c23-18-16-15(12-8-4-5-9-14(12)25-19(16)24)17-21-20-10-13(22(17)18)11-6-2-1-3-7-11/h1-10,23H. The smallest absolute Gasteiger partial charge is 0.349 e. The molecule has 3 aromatic heterocycles. The normalized spacial score (nSPS) is 11.5. The summed E-state index contributed by atoms with van der Waals surface area (Å²) in [6.45, 7) is 0. The maximum absolute atomic E-state index is 12.4. The van der Waals surface area contributed by atoms with Gasteiger partial charge in [0.2, 0.25) is 5.88 Å². The number of nitrogens with zero attached hydrogens (tertiary/aromatic N) is 3. The quantitative estimate of drug-likeness (QED) is 0.477. The van der Waals surface area contributed by atoms with Gasteiger partial charge in [-0.05, 0) is 6.07 Å². The summed E-state index contributed by atoms with van der Waals surface area (Å²) in [7, 11) is 0. The summed E-state index contributed by atoms with van der Waals surface area (Å²) in [5.74, 6) is -0.196. The first-order chi connectivity index (χ1) is 12.3. The van der Waals surface area contributed by atoms with Gasteiger partial charge >= 0.3 is 5.63 Å². The number of rotatable bonds is 1. The Bertz CT molecular complexity index is 1320. The molecule has 25 heavy (non-hydrogen) atoms. The van der Waals surface area contributed by atoms with E-state index in [4.69, 9.17) is 4.42 Å². The van der Waals surface area contributed by atoms with Gasteiger partial charge in [-0.15, -0.1) is 5.10 Å². The molecule has 0 unspecified atom stereocenters. The topological polar surface area (TPSA) is 80.6 Å². The van der Waals surface area contributed by atoms with E-state index >= 15 is 0 Å². The van der Waals surface area contributed by atoms with Gasteiger partial charge in [0, 0.05) is 10.9 Å². The second-order valence-electron chi connectivity index (χ2n) is 5.71. The van der Waals surface area contributed by atoms with Crippen molar-refractivity contribution in [3.63, 3.8) is 0 Å². The Morgan fingerprint density at radius 2 is 1.72 bits per heavy atom. The summed E-state index contributed by atoms with van der Waals surface area (Å²) >= 11 is 0. The molecule has 2 aromatic carbocycles. The van der Waals surface area contributed by atoms with Gasteiger partial charge in [0.25, 0.3) is 0 Å². The van der Waals surface area contributed by atoms with Crippen LogP contribution in [0.4, 0.5) is 0 Å². The van der Waals surface area contributed by atoms with E-state index in [-0.39, 0.29) is 11.3 Å². The molecule has 0 radical (unpaired) electrons. The van der Waals surface area contributed by atoms with Gasteiger partial charge in [0.05, 0.1) is 17.3 Å². The van der Waals surface area contributed by atoms with E-state index in [0.717, 1.165) is 5.56 Å². The highest BCUT2D eigenvalue weighted by molar-refractivity contribution is 6.14. The first-order valence-corrected chi connectivity index (χ1v) is 7.72. The molecule has 6 heteroatoms. The van der Waals surface area contributed by atoms with Gasteiger partial charge in [0.1, 0.15) is 11.0 Å². The van der Waals surface area contributed by atoms with Crippen LogP contribution in [-0.4, -0.2) is 19.7 Å². The van der Waals surface area contributed by atoms with Crippen molar-refractivity contribution in [2.75, 3.05) is 0 Å². The fourth-order valence-electron chi connectivity index (χ4n) is 3.24. The first-order valence-electron chi connectivity index (χ1n) is 7.72. The molecule has 0 fully saturated rings. The van der Waals surface area contributed by atoms with Crippen molar-refractivity contribution in [2.45, 2.75) is 0 Å². The molecule has 0 amide bonds. The minimum absolute atomic E-state index is 0.108. The van der Waals surface area contributed by atoms with Crippen LogP contribution < -0.4 is 5.63 Å². The number of hydrogen-bond donors (Lipinski definition) is 1. The molecule has 0 bridgehead atoms. The maximum atomic E-state index is 12.4. The molecule has 5 rings (SSSR count). The van der Waals surface area contributed by atoms with Crippen molar-refractivity contribution >= 4 is 27.4 Å². The van der Waals surface area contributed by atoms with Crippen LogP contribution in [0.3, 0.4) is 0 Å². The predicted molar refractivity (Wildman–Crippen MR) is 93.6 cm³/mol. The number of fused-ring (bicyclic) bond motifs is 5. The minimum atomic E-state index is -0.601. The van der Waals surface area contributed by atoms with E-state index in [1.54, 1.807) is 18.3 Å². The molecule has 120 valence electrons. The Hall–Kier alpha value is -3.67. The van der Waals surface area contributed by atoms with Crippen LogP contribution in [0.15, 0.2) is 70.0 Å². The molecule has 0 aliphatic carbocycles. The third-order valence-electron chi connectivity index (χ3n) is 4.33. The van der Waals surface area contributed by atoms with E-state index in [1.807, 2.05) is 42.5 Å². The fourth-order valence-corrected chi connectivity index (χ4v) is 3.24. The number of hydrogen-bond acceptors (Lipinski definition) is 5. The first kappa shape index (κ1) is 13.7. The van der Waals surface area contributed by atoms with E-state index in [9.17, 15) is 9.90 Å². The summed E-state index contributed by atoms with van der Waals surface area (Å²) in [5, 5.41) is 20.4. The SMILES string of the molecule is O=c1oc2ccccc2c2c1c(O)n1c(-c3ccccc3)cnnc21. The average Bonchev–Trinajstić information content (AvgIpc) is 2.97. The Morgan fingerprint density at radius 1 is 0.960 bits per heavy atom. The molecular weight excluding hydrogens is 318 g/mol. The Labute approximate surface area is 140 Å². The van der Waals surface area contributed by atoms with Crippen molar-refractivity contribution in [2.24, 2.45) is 0 Å². The number of aromatic nitrogens is 3. The van der Waals surface area contributed by atoms with E-state index < -0.39 is 5.63 Å². The predicted octanol–water partition coefficient (Wildman–Crippen LogP) is 3.36. The van der Waals surface area contributed by atoms with Crippen LogP contribution in [-0.2, 0) is 0 Å². The lowest BCUT2D eigenvalue weighted by molar-refractivity contribution is 0.452. The third-order valence-corrected chi connectivity index (χ3v) is 4.33. The van der Waals surface area contributed by atoms with Crippen LogP contribution in [0.5, 0.6) is 5.88 Å². The molecule has 0 saturated carbocycles. The van der Waals surface area contributed by atoms with Gasteiger partial charge in [-0.3, -0.25) is 4.40 Å². The molecule has 0 atom stereocenters. The zero-order valence-electron chi connectivity index (χ0n) is 12.9. The maximum Gasteiger partial charge on any atom is 0.349 e. The van der Waals surface area contributed by atoms with Gasteiger partial charge < -0.3 is 9.52 Å². The minimum Gasteiger partial charge on any atom is -0.494 e. The molecule has 0 aliphatic rings. The van der Waals surface area contributed by atoms with Gasteiger partial charge in [0.15, 0.2) is 5.65 Å². The van der Waals surface area contributed by atoms with Gasteiger partial charge in [-0.2, -0.15) is 5.10 Å². The lowest BCUT2D eigenvalue weighted by Gasteiger charge is -2.05. The summed E-state index contributed by atoms with van der Waals surface area (Å²) in [6, 6.07) is 16.7. The molecule has 0 saturated heterocycles. The van der Waals surface area contributed by atoms with Crippen LogP contribution in [0, 0.1) is 0 Å². The molecule has 1 N–H and O–H groups in total.